The van der Waals surface area contributed by atoms with Crippen LogP contribution < -0.4 is 0 Å². The van der Waals surface area contributed by atoms with Crippen LogP contribution in [-0.2, 0) is 9.53 Å². The third-order valence-electron chi connectivity index (χ3n) is 10.8. The highest BCUT2D eigenvalue weighted by Crippen LogP contribution is 2.67. The number of carbonyl (C=O) groups is 1. The fourth-order valence-electron chi connectivity index (χ4n) is 9.03. The van der Waals surface area contributed by atoms with Gasteiger partial charge in [-0.1, -0.05) is 39.7 Å². The third kappa shape index (κ3) is 5.32. The fourth-order valence-corrected chi connectivity index (χ4v) is 9.03. The van der Waals surface area contributed by atoms with Crippen LogP contribution in [-0.4, -0.2) is 39.9 Å². The highest BCUT2D eigenvalue weighted by atomic mass is 16.5. The van der Waals surface area contributed by atoms with Crippen molar-refractivity contribution >= 4 is 5.78 Å². The van der Waals surface area contributed by atoms with Crippen LogP contribution in [0.25, 0.3) is 0 Å². The van der Waals surface area contributed by atoms with Crippen LogP contribution in [0.1, 0.15) is 113 Å². The molecule has 35 heavy (non-hydrogen) atoms. The van der Waals surface area contributed by atoms with Gasteiger partial charge in [-0.15, -0.1) is 0 Å². The Labute approximate surface area is 214 Å². The number of hydrogen-bond acceptors (Lipinski definition) is 4. The minimum atomic E-state index is -0.911. The number of ether oxygens (including phenoxy) is 1. The lowest BCUT2D eigenvalue weighted by Gasteiger charge is -2.58. The summed E-state index contributed by atoms with van der Waals surface area (Å²) in [5.74, 6) is 3.72. The smallest absolute Gasteiger partial charge is 0.187 e. The molecule has 0 aromatic carbocycles. The first-order valence-corrected chi connectivity index (χ1v) is 14.5. The van der Waals surface area contributed by atoms with Gasteiger partial charge in [0.05, 0.1) is 17.8 Å². The number of aliphatic hydroxyl groups is 2. The van der Waals surface area contributed by atoms with Crippen LogP contribution >= 0.6 is 0 Å². The lowest BCUT2D eigenvalue weighted by atomic mass is 9.46. The van der Waals surface area contributed by atoms with Crippen LogP contribution in [0.4, 0.5) is 0 Å². The van der Waals surface area contributed by atoms with Crippen molar-refractivity contribution in [2.75, 3.05) is 6.61 Å². The third-order valence-corrected chi connectivity index (χ3v) is 10.8. The Morgan fingerprint density at radius 3 is 2.40 bits per heavy atom. The largest absolute Gasteiger partial charge is 0.390 e. The number of carbonyl (C=O) groups excluding carboxylic acids is 1. The zero-order valence-electron chi connectivity index (χ0n) is 23.5. The minimum absolute atomic E-state index is 0.0215. The minimum Gasteiger partial charge on any atom is -0.390 e. The van der Waals surface area contributed by atoms with Crippen molar-refractivity contribution in [2.24, 2.45) is 40.4 Å². The standard InChI is InChI=1S/C31H52O4/c1-20(9-8-16-28(2,3)33)22-12-13-23-21-10-11-25-27(32)26(35-19-29(4,5)34)15-18-31(25,7)24(21)14-17-30(22,23)6/h11,20-24,26,33-34H,8-10,12-19H2,1-7H3/t20-,21+,22-,23+,24+,26+,30-,31-/m1/s1. The van der Waals surface area contributed by atoms with Gasteiger partial charge in [0.15, 0.2) is 5.78 Å². The van der Waals surface area contributed by atoms with E-state index in [1.165, 1.54) is 32.1 Å². The molecule has 4 heteroatoms. The molecule has 3 fully saturated rings. The van der Waals surface area contributed by atoms with Gasteiger partial charge in [0, 0.05) is 5.57 Å². The van der Waals surface area contributed by atoms with Gasteiger partial charge in [-0.05, 0) is 119 Å². The molecule has 0 aliphatic heterocycles. The number of Topliss-reactive ketones (excluding diaryl/α,β-unsaturated/α-hetero) is 1. The Hall–Kier alpha value is -0.710. The molecule has 4 nitrogen and oxygen atoms in total. The maximum atomic E-state index is 13.5. The molecule has 0 radical (unpaired) electrons. The molecule has 200 valence electrons. The average molecular weight is 489 g/mol. The Morgan fingerprint density at radius 2 is 1.74 bits per heavy atom. The molecule has 2 N–H and O–H groups in total. The van der Waals surface area contributed by atoms with E-state index in [-0.39, 0.29) is 17.8 Å². The number of ketones is 1. The van der Waals surface area contributed by atoms with Gasteiger partial charge in [0.25, 0.3) is 0 Å². The van der Waals surface area contributed by atoms with Gasteiger partial charge in [-0.25, -0.2) is 0 Å². The van der Waals surface area contributed by atoms with Crippen molar-refractivity contribution in [2.45, 2.75) is 130 Å². The summed E-state index contributed by atoms with van der Waals surface area (Å²) in [7, 11) is 0. The number of allylic oxidation sites excluding steroid dienone is 1. The summed E-state index contributed by atoms with van der Waals surface area (Å²) >= 11 is 0. The number of fused-ring (bicyclic) bond motifs is 5. The van der Waals surface area contributed by atoms with E-state index in [9.17, 15) is 15.0 Å². The molecule has 0 aromatic heterocycles. The SMILES string of the molecule is C[C@H](CCCC(C)(C)O)[C@H]1CC[C@H]2[C@@H]3CC=C4C(=O)[C@@H](OCC(C)(C)O)CC[C@]4(C)[C@H]3CC[C@]12C. The molecule has 0 spiro atoms. The van der Waals surface area contributed by atoms with Gasteiger partial charge >= 0.3 is 0 Å². The van der Waals surface area contributed by atoms with E-state index >= 15 is 0 Å². The zero-order valence-corrected chi connectivity index (χ0v) is 23.5. The Bertz CT molecular complexity index is 817. The van der Waals surface area contributed by atoms with Gasteiger partial charge in [-0.2, -0.15) is 0 Å². The zero-order chi connectivity index (χ0) is 25.8. The first-order valence-electron chi connectivity index (χ1n) is 14.5. The van der Waals surface area contributed by atoms with E-state index in [0.717, 1.165) is 49.5 Å². The van der Waals surface area contributed by atoms with Crippen LogP contribution in [0, 0.1) is 40.4 Å². The number of hydrogen-bond donors (Lipinski definition) is 2. The van der Waals surface area contributed by atoms with E-state index < -0.39 is 17.3 Å². The lowest BCUT2D eigenvalue weighted by molar-refractivity contribution is -0.140. The van der Waals surface area contributed by atoms with Gasteiger partial charge < -0.3 is 14.9 Å². The van der Waals surface area contributed by atoms with Crippen molar-refractivity contribution in [3.8, 4) is 0 Å². The van der Waals surface area contributed by atoms with Crippen molar-refractivity contribution in [1.82, 2.24) is 0 Å². The molecule has 0 saturated heterocycles. The Balaban J connectivity index is 1.46. The van der Waals surface area contributed by atoms with E-state index in [0.29, 0.717) is 23.2 Å². The van der Waals surface area contributed by atoms with Crippen molar-refractivity contribution < 1.29 is 19.7 Å². The number of rotatable bonds is 8. The summed E-state index contributed by atoms with van der Waals surface area (Å²) in [4.78, 5) is 13.5. The molecule has 0 bridgehead atoms. The van der Waals surface area contributed by atoms with Crippen molar-refractivity contribution in [3.63, 3.8) is 0 Å². The van der Waals surface area contributed by atoms with Crippen LogP contribution in [0.15, 0.2) is 11.6 Å². The highest BCUT2D eigenvalue weighted by molar-refractivity contribution is 6.01. The van der Waals surface area contributed by atoms with E-state index in [2.05, 4.69) is 26.8 Å². The maximum Gasteiger partial charge on any atom is 0.187 e. The molecule has 0 heterocycles. The van der Waals surface area contributed by atoms with Crippen LogP contribution in [0.3, 0.4) is 0 Å². The predicted molar refractivity (Wildman–Crippen MR) is 141 cm³/mol. The molecule has 0 amide bonds. The molecule has 4 aliphatic carbocycles. The van der Waals surface area contributed by atoms with Crippen molar-refractivity contribution in [3.05, 3.63) is 11.6 Å². The summed E-state index contributed by atoms with van der Waals surface area (Å²) < 4.78 is 5.91. The van der Waals surface area contributed by atoms with E-state index in [1.54, 1.807) is 13.8 Å². The van der Waals surface area contributed by atoms with Gasteiger partial charge in [0.1, 0.15) is 6.10 Å². The molecular formula is C31H52O4. The highest BCUT2D eigenvalue weighted by Gasteiger charge is 2.60. The van der Waals surface area contributed by atoms with E-state index in [1.807, 2.05) is 13.8 Å². The second-order valence-electron chi connectivity index (χ2n) is 14.6. The molecule has 8 atom stereocenters. The summed E-state index contributed by atoms with van der Waals surface area (Å²) in [6, 6.07) is 0. The Kier molecular flexibility index (Phi) is 7.46. The van der Waals surface area contributed by atoms with Gasteiger partial charge in [-0.3, -0.25) is 4.79 Å². The predicted octanol–water partition coefficient (Wildman–Crippen LogP) is 6.48. The molecule has 4 rings (SSSR count). The average Bonchev–Trinajstić information content (AvgIpc) is 3.09. The summed E-state index contributed by atoms with van der Waals surface area (Å²) in [6.45, 7) is 14.9. The first kappa shape index (κ1) is 27.3. The second-order valence-corrected chi connectivity index (χ2v) is 14.6. The molecule has 0 aromatic rings. The summed E-state index contributed by atoms with van der Waals surface area (Å²) in [5.41, 5.74) is -0.0490. The lowest BCUT2D eigenvalue weighted by Crippen LogP contribution is -2.53. The first-order chi connectivity index (χ1) is 16.2. The quantitative estimate of drug-likeness (QED) is 0.410. The molecular weight excluding hydrogens is 436 g/mol. The van der Waals surface area contributed by atoms with Crippen LogP contribution in [0.5, 0.6) is 0 Å². The Morgan fingerprint density at radius 1 is 1.03 bits per heavy atom. The van der Waals surface area contributed by atoms with Crippen molar-refractivity contribution in [1.29, 1.82) is 0 Å². The van der Waals surface area contributed by atoms with Gasteiger partial charge in [0.2, 0.25) is 0 Å². The molecule has 4 aliphatic rings. The van der Waals surface area contributed by atoms with E-state index in [4.69, 9.17) is 4.74 Å². The summed E-state index contributed by atoms with van der Waals surface area (Å²) in [6.07, 6.45) is 13.1. The summed E-state index contributed by atoms with van der Waals surface area (Å²) in [5, 5.41) is 20.2. The fraction of sp³-hybridized carbons (Fsp3) is 0.903. The second kappa shape index (κ2) is 9.55. The molecule has 0 unspecified atom stereocenters. The monoisotopic (exact) mass is 488 g/mol. The molecule has 3 saturated carbocycles. The normalized spacial score (nSPS) is 40.5. The maximum absolute atomic E-state index is 13.5. The van der Waals surface area contributed by atoms with Crippen LogP contribution in [0.2, 0.25) is 0 Å². The topological polar surface area (TPSA) is 66.8 Å².